The zero-order valence-electron chi connectivity index (χ0n) is 9.81. The predicted molar refractivity (Wildman–Crippen MR) is 68.7 cm³/mol. The number of nitrogens with one attached hydrogen (secondary N) is 1. The van der Waals surface area contributed by atoms with Crippen LogP contribution < -0.4 is 11.1 Å². The highest BCUT2D eigenvalue weighted by atomic mass is 32.2. The van der Waals surface area contributed by atoms with Crippen LogP contribution in [0.3, 0.4) is 0 Å². The van der Waals surface area contributed by atoms with Crippen LogP contribution in [0.5, 0.6) is 0 Å². The Labute approximate surface area is 101 Å². The maximum absolute atomic E-state index is 11.6. The SMILES string of the molecule is CCS(=O)(=O)C[C@@H]1CNc2cc(N)cnc2C1. The number of rotatable bonds is 3. The van der Waals surface area contributed by atoms with Crippen LogP contribution in [0.2, 0.25) is 0 Å². The molecular formula is C11H17N3O2S. The molecule has 0 unspecified atom stereocenters. The first-order chi connectivity index (χ1) is 8.00. The van der Waals surface area contributed by atoms with E-state index in [0.717, 1.165) is 11.4 Å². The van der Waals surface area contributed by atoms with Crippen molar-refractivity contribution >= 4 is 21.2 Å². The van der Waals surface area contributed by atoms with Crippen LogP contribution in [0.4, 0.5) is 11.4 Å². The average Bonchev–Trinajstić information content (AvgIpc) is 2.29. The fraction of sp³-hybridized carbons (Fsp3) is 0.545. The van der Waals surface area contributed by atoms with E-state index in [1.54, 1.807) is 13.1 Å². The highest BCUT2D eigenvalue weighted by molar-refractivity contribution is 7.91. The lowest BCUT2D eigenvalue weighted by Gasteiger charge is -2.25. The summed E-state index contributed by atoms with van der Waals surface area (Å²) in [5.41, 5.74) is 8.09. The highest BCUT2D eigenvalue weighted by Gasteiger charge is 2.23. The van der Waals surface area contributed by atoms with Crippen LogP contribution in [0, 0.1) is 5.92 Å². The van der Waals surface area contributed by atoms with Crippen molar-refractivity contribution in [1.29, 1.82) is 0 Å². The normalized spacial score (nSPS) is 19.5. The Morgan fingerprint density at radius 3 is 3.06 bits per heavy atom. The van der Waals surface area contributed by atoms with Gasteiger partial charge in [0.25, 0.3) is 0 Å². The van der Waals surface area contributed by atoms with Crippen molar-refractivity contribution < 1.29 is 8.42 Å². The minimum Gasteiger partial charge on any atom is -0.397 e. The van der Waals surface area contributed by atoms with Crippen molar-refractivity contribution in [2.24, 2.45) is 5.92 Å². The highest BCUT2D eigenvalue weighted by Crippen LogP contribution is 2.25. The summed E-state index contributed by atoms with van der Waals surface area (Å²) in [6.45, 7) is 2.34. The Bertz CT molecular complexity index is 513. The van der Waals surface area contributed by atoms with E-state index < -0.39 is 9.84 Å². The third kappa shape index (κ3) is 2.88. The van der Waals surface area contributed by atoms with Gasteiger partial charge in [-0.15, -0.1) is 0 Å². The standard InChI is InChI=1S/C11H17N3O2S/c1-2-17(15,16)7-8-3-10-11(13-5-8)4-9(12)6-14-10/h4,6,8,13H,2-3,5,7,12H2,1H3/t8-/m0/s1. The van der Waals surface area contributed by atoms with Gasteiger partial charge in [-0.05, 0) is 18.4 Å². The molecule has 2 heterocycles. The third-order valence-electron chi connectivity index (χ3n) is 2.98. The largest absolute Gasteiger partial charge is 0.397 e. The van der Waals surface area contributed by atoms with E-state index in [9.17, 15) is 8.42 Å². The molecule has 6 heteroatoms. The molecule has 1 aromatic heterocycles. The summed E-state index contributed by atoms with van der Waals surface area (Å²) >= 11 is 0. The molecule has 5 nitrogen and oxygen atoms in total. The van der Waals surface area contributed by atoms with Crippen LogP contribution in [-0.2, 0) is 16.3 Å². The number of nitrogens with two attached hydrogens (primary N) is 1. The van der Waals surface area contributed by atoms with Crippen molar-refractivity contribution in [3.63, 3.8) is 0 Å². The lowest BCUT2D eigenvalue weighted by atomic mass is 9.99. The molecule has 0 aliphatic carbocycles. The second-order valence-corrected chi connectivity index (χ2v) is 6.81. The number of nitrogen functional groups attached to an aromatic ring is 1. The molecule has 94 valence electrons. The first-order valence-corrected chi connectivity index (χ1v) is 7.51. The molecule has 0 bridgehead atoms. The van der Waals surface area contributed by atoms with Crippen LogP contribution in [0.15, 0.2) is 12.3 Å². The molecule has 3 N–H and O–H groups in total. The van der Waals surface area contributed by atoms with Gasteiger partial charge in [0, 0.05) is 12.3 Å². The molecule has 1 aromatic rings. The Hall–Kier alpha value is -1.30. The molecule has 1 aliphatic rings. The monoisotopic (exact) mass is 255 g/mol. The van der Waals surface area contributed by atoms with Crippen LogP contribution >= 0.6 is 0 Å². The van der Waals surface area contributed by atoms with Crippen molar-refractivity contribution in [3.8, 4) is 0 Å². The first kappa shape index (κ1) is 12.2. The fourth-order valence-electron chi connectivity index (χ4n) is 2.02. The summed E-state index contributed by atoms with van der Waals surface area (Å²) in [7, 11) is -2.92. The molecule has 0 saturated carbocycles. The smallest absolute Gasteiger partial charge is 0.150 e. The molecular weight excluding hydrogens is 238 g/mol. The molecule has 0 aromatic carbocycles. The van der Waals surface area contributed by atoms with E-state index in [1.807, 2.05) is 6.07 Å². The first-order valence-electron chi connectivity index (χ1n) is 5.69. The van der Waals surface area contributed by atoms with E-state index in [-0.39, 0.29) is 17.4 Å². The number of anilines is 2. The second kappa shape index (κ2) is 4.52. The van der Waals surface area contributed by atoms with Gasteiger partial charge in [0.15, 0.2) is 0 Å². The lowest BCUT2D eigenvalue weighted by molar-refractivity contribution is 0.549. The predicted octanol–water partition coefficient (Wildman–Crippen LogP) is 0.683. The number of sulfone groups is 1. The number of hydrogen-bond donors (Lipinski definition) is 2. The van der Waals surface area contributed by atoms with Crippen LogP contribution in [-0.4, -0.2) is 31.5 Å². The van der Waals surface area contributed by atoms with E-state index in [1.165, 1.54) is 0 Å². The Balaban J connectivity index is 2.12. The van der Waals surface area contributed by atoms with Gasteiger partial charge in [-0.25, -0.2) is 8.42 Å². The van der Waals surface area contributed by atoms with Gasteiger partial charge in [-0.1, -0.05) is 6.92 Å². The Kier molecular flexibility index (Phi) is 3.24. The van der Waals surface area contributed by atoms with Crippen LogP contribution in [0.25, 0.3) is 0 Å². The number of hydrogen-bond acceptors (Lipinski definition) is 5. The molecule has 0 radical (unpaired) electrons. The number of nitrogens with zero attached hydrogens (tertiary/aromatic N) is 1. The summed E-state index contributed by atoms with van der Waals surface area (Å²) in [5.74, 6) is 0.525. The number of pyridine rings is 1. The minimum absolute atomic E-state index is 0.101. The molecule has 0 spiro atoms. The Morgan fingerprint density at radius 1 is 1.59 bits per heavy atom. The van der Waals surface area contributed by atoms with E-state index in [0.29, 0.717) is 18.7 Å². The third-order valence-corrected chi connectivity index (χ3v) is 4.84. The maximum atomic E-state index is 11.6. The lowest BCUT2D eigenvalue weighted by Crippen LogP contribution is -2.30. The van der Waals surface area contributed by atoms with Gasteiger partial charge in [0.2, 0.25) is 0 Å². The summed E-state index contributed by atoms with van der Waals surface area (Å²) in [4.78, 5) is 4.24. The van der Waals surface area contributed by atoms with Gasteiger partial charge < -0.3 is 11.1 Å². The summed E-state index contributed by atoms with van der Waals surface area (Å²) in [6, 6.07) is 1.84. The van der Waals surface area contributed by atoms with E-state index >= 15 is 0 Å². The van der Waals surface area contributed by atoms with Crippen molar-refractivity contribution in [3.05, 3.63) is 18.0 Å². The van der Waals surface area contributed by atoms with Crippen LogP contribution in [0.1, 0.15) is 12.6 Å². The average molecular weight is 255 g/mol. The molecule has 2 rings (SSSR count). The molecule has 0 fully saturated rings. The second-order valence-electron chi connectivity index (χ2n) is 4.41. The van der Waals surface area contributed by atoms with Crippen molar-refractivity contribution in [2.75, 3.05) is 29.1 Å². The molecule has 1 atom stereocenters. The number of fused-ring (bicyclic) bond motifs is 1. The zero-order valence-corrected chi connectivity index (χ0v) is 10.6. The topological polar surface area (TPSA) is 85.1 Å². The molecule has 1 aliphatic heterocycles. The van der Waals surface area contributed by atoms with E-state index in [4.69, 9.17) is 5.73 Å². The van der Waals surface area contributed by atoms with Gasteiger partial charge in [0.1, 0.15) is 9.84 Å². The van der Waals surface area contributed by atoms with Gasteiger partial charge in [-0.2, -0.15) is 0 Å². The van der Waals surface area contributed by atoms with E-state index in [2.05, 4.69) is 10.3 Å². The van der Waals surface area contributed by atoms with Gasteiger partial charge in [0.05, 0.1) is 29.0 Å². The summed E-state index contributed by atoms with van der Waals surface area (Å²) in [6.07, 6.45) is 2.30. The van der Waals surface area contributed by atoms with Crippen molar-refractivity contribution in [2.45, 2.75) is 13.3 Å². The van der Waals surface area contributed by atoms with Gasteiger partial charge in [-0.3, -0.25) is 4.98 Å². The molecule has 0 saturated heterocycles. The maximum Gasteiger partial charge on any atom is 0.150 e. The minimum atomic E-state index is -2.92. The number of aromatic nitrogens is 1. The quantitative estimate of drug-likeness (QED) is 0.829. The molecule has 0 amide bonds. The summed E-state index contributed by atoms with van der Waals surface area (Å²) in [5, 5.41) is 3.19. The van der Waals surface area contributed by atoms with Gasteiger partial charge >= 0.3 is 0 Å². The fourth-order valence-corrected chi connectivity index (χ4v) is 3.21. The zero-order chi connectivity index (χ0) is 12.5. The Morgan fingerprint density at radius 2 is 2.35 bits per heavy atom. The molecule has 17 heavy (non-hydrogen) atoms. The summed E-state index contributed by atoms with van der Waals surface area (Å²) < 4.78 is 23.1. The van der Waals surface area contributed by atoms with Crippen molar-refractivity contribution in [1.82, 2.24) is 4.98 Å².